The Labute approximate surface area is 122 Å². The van der Waals surface area contributed by atoms with Gasteiger partial charge in [-0.05, 0) is 51.0 Å². The standard InChI is InChI=1S/C16H16FN3O/c1-9-12-7-8-16(2,21-9)14-13(12)18-15(20-19-14)10-3-5-11(17)6-4-10/h3-6,9,12H,7-8H2,1-2H3. The maximum absolute atomic E-state index is 13.0. The summed E-state index contributed by atoms with van der Waals surface area (Å²) in [5, 5.41) is 8.59. The van der Waals surface area contributed by atoms with Crippen LogP contribution in [0.3, 0.4) is 0 Å². The van der Waals surface area contributed by atoms with Crippen LogP contribution >= 0.6 is 0 Å². The Morgan fingerprint density at radius 2 is 2.00 bits per heavy atom. The van der Waals surface area contributed by atoms with E-state index >= 15 is 0 Å². The van der Waals surface area contributed by atoms with Gasteiger partial charge in [-0.3, -0.25) is 0 Å². The number of nitrogens with zero attached hydrogens (tertiary/aromatic N) is 3. The highest BCUT2D eigenvalue weighted by Crippen LogP contribution is 2.50. The molecule has 0 N–H and O–H groups in total. The highest BCUT2D eigenvalue weighted by Gasteiger charge is 2.49. The highest BCUT2D eigenvalue weighted by atomic mass is 19.1. The van der Waals surface area contributed by atoms with Crippen molar-refractivity contribution in [2.45, 2.75) is 44.3 Å². The van der Waals surface area contributed by atoms with Gasteiger partial charge in [0, 0.05) is 11.5 Å². The number of rotatable bonds is 1. The van der Waals surface area contributed by atoms with Crippen LogP contribution in [0.2, 0.25) is 0 Å². The number of hydrogen-bond donors (Lipinski definition) is 0. The van der Waals surface area contributed by atoms with E-state index in [-0.39, 0.29) is 23.4 Å². The van der Waals surface area contributed by atoms with E-state index < -0.39 is 0 Å². The van der Waals surface area contributed by atoms with Gasteiger partial charge in [0.2, 0.25) is 0 Å². The fourth-order valence-electron chi connectivity index (χ4n) is 3.44. The van der Waals surface area contributed by atoms with Gasteiger partial charge in [-0.25, -0.2) is 9.37 Å². The minimum Gasteiger partial charge on any atom is -0.365 e. The van der Waals surface area contributed by atoms with E-state index in [1.165, 1.54) is 12.1 Å². The zero-order chi connectivity index (χ0) is 14.6. The fraction of sp³-hybridized carbons (Fsp3) is 0.438. The predicted octanol–water partition coefficient (Wildman–Crippen LogP) is 3.19. The largest absolute Gasteiger partial charge is 0.365 e. The lowest BCUT2D eigenvalue weighted by molar-refractivity contribution is -0.145. The van der Waals surface area contributed by atoms with E-state index in [9.17, 15) is 4.39 Å². The second kappa shape index (κ2) is 4.31. The van der Waals surface area contributed by atoms with Gasteiger partial charge < -0.3 is 4.74 Å². The summed E-state index contributed by atoms with van der Waals surface area (Å²) in [5.74, 6) is 0.562. The molecule has 21 heavy (non-hydrogen) atoms. The van der Waals surface area contributed by atoms with Gasteiger partial charge in [0.1, 0.15) is 17.1 Å². The predicted molar refractivity (Wildman–Crippen MR) is 75.1 cm³/mol. The first-order chi connectivity index (χ1) is 10.1. The quantitative estimate of drug-likeness (QED) is 0.807. The molecule has 1 aromatic carbocycles. The smallest absolute Gasteiger partial charge is 0.182 e. The van der Waals surface area contributed by atoms with Crippen molar-refractivity contribution in [3.63, 3.8) is 0 Å². The Balaban J connectivity index is 1.83. The van der Waals surface area contributed by atoms with Gasteiger partial charge in [0.05, 0.1) is 11.8 Å². The molecule has 3 heterocycles. The molecule has 4 nitrogen and oxygen atoms in total. The van der Waals surface area contributed by atoms with Gasteiger partial charge in [-0.2, -0.15) is 0 Å². The lowest BCUT2D eigenvalue weighted by Gasteiger charge is -2.47. The molecule has 108 valence electrons. The summed E-state index contributed by atoms with van der Waals surface area (Å²) in [4.78, 5) is 4.72. The number of aromatic nitrogens is 3. The summed E-state index contributed by atoms with van der Waals surface area (Å²) in [7, 11) is 0. The normalized spacial score (nSPS) is 30.2. The van der Waals surface area contributed by atoms with E-state index in [1.54, 1.807) is 12.1 Å². The number of fused-ring (bicyclic) bond motifs is 2. The fourth-order valence-corrected chi connectivity index (χ4v) is 3.44. The van der Waals surface area contributed by atoms with Crippen LogP contribution < -0.4 is 0 Å². The molecule has 0 amide bonds. The van der Waals surface area contributed by atoms with Crippen LogP contribution in [-0.2, 0) is 10.3 Å². The Morgan fingerprint density at radius 3 is 2.71 bits per heavy atom. The van der Waals surface area contributed by atoms with Gasteiger partial charge in [-0.15, -0.1) is 10.2 Å². The third kappa shape index (κ3) is 1.87. The van der Waals surface area contributed by atoms with Crippen LogP contribution in [0.25, 0.3) is 11.4 Å². The number of ether oxygens (including phenoxy) is 1. The van der Waals surface area contributed by atoms with Crippen LogP contribution in [0.15, 0.2) is 24.3 Å². The van der Waals surface area contributed by atoms with E-state index in [1.807, 2.05) is 0 Å². The van der Waals surface area contributed by atoms with Crippen molar-refractivity contribution in [2.75, 3.05) is 0 Å². The highest BCUT2D eigenvalue weighted by molar-refractivity contribution is 5.54. The van der Waals surface area contributed by atoms with Crippen LogP contribution in [0.4, 0.5) is 4.39 Å². The van der Waals surface area contributed by atoms with E-state index in [0.717, 1.165) is 29.8 Å². The minimum atomic E-state index is -0.370. The second-order valence-corrected chi connectivity index (χ2v) is 6.08. The zero-order valence-corrected chi connectivity index (χ0v) is 12.0. The minimum absolute atomic E-state index is 0.147. The molecular weight excluding hydrogens is 269 g/mol. The molecule has 0 radical (unpaired) electrons. The molecule has 0 saturated carbocycles. The van der Waals surface area contributed by atoms with Gasteiger partial charge in [-0.1, -0.05) is 0 Å². The molecule has 1 fully saturated rings. The third-order valence-electron chi connectivity index (χ3n) is 4.61. The molecule has 5 heteroatoms. The first-order valence-electron chi connectivity index (χ1n) is 7.26. The lowest BCUT2D eigenvalue weighted by Crippen LogP contribution is -2.46. The maximum Gasteiger partial charge on any atom is 0.182 e. The van der Waals surface area contributed by atoms with Crippen molar-refractivity contribution in [1.82, 2.24) is 15.2 Å². The number of halogens is 1. The van der Waals surface area contributed by atoms with Gasteiger partial charge >= 0.3 is 0 Å². The van der Waals surface area contributed by atoms with Crippen LogP contribution in [0, 0.1) is 5.82 Å². The monoisotopic (exact) mass is 285 g/mol. The summed E-state index contributed by atoms with van der Waals surface area (Å²) >= 11 is 0. The molecule has 1 saturated heterocycles. The Morgan fingerprint density at radius 1 is 1.24 bits per heavy atom. The Hall–Kier alpha value is -1.88. The maximum atomic E-state index is 13.0. The van der Waals surface area contributed by atoms with Crippen LogP contribution in [-0.4, -0.2) is 21.3 Å². The topological polar surface area (TPSA) is 47.9 Å². The molecule has 3 atom stereocenters. The molecule has 1 aliphatic carbocycles. The summed E-state index contributed by atoms with van der Waals surface area (Å²) in [6, 6.07) is 6.19. The van der Waals surface area contributed by atoms with Gasteiger partial charge in [0.25, 0.3) is 0 Å². The summed E-state index contributed by atoms with van der Waals surface area (Å²) in [6.07, 6.45) is 2.17. The Bertz CT molecular complexity index is 703. The van der Waals surface area contributed by atoms with Crippen molar-refractivity contribution >= 4 is 0 Å². The zero-order valence-electron chi connectivity index (χ0n) is 12.0. The first-order valence-corrected chi connectivity index (χ1v) is 7.26. The summed E-state index contributed by atoms with van der Waals surface area (Å²) in [5.41, 5.74) is 2.27. The van der Waals surface area contributed by atoms with Gasteiger partial charge in [0.15, 0.2) is 5.82 Å². The number of hydrogen-bond acceptors (Lipinski definition) is 4. The van der Waals surface area contributed by atoms with Crippen molar-refractivity contribution in [3.05, 3.63) is 41.5 Å². The molecule has 2 aliphatic heterocycles. The molecule has 3 aliphatic rings. The molecule has 1 aromatic heterocycles. The average Bonchev–Trinajstić information content (AvgIpc) is 2.47. The molecule has 0 spiro atoms. The van der Waals surface area contributed by atoms with Crippen molar-refractivity contribution in [1.29, 1.82) is 0 Å². The van der Waals surface area contributed by atoms with Crippen molar-refractivity contribution < 1.29 is 9.13 Å². The first kappa shape index (κ1) is 12.8. The molecule has 5 rings (SSSR count). The third-order valence-corrected chi connectivity index (χ3v) is 4.61. The molecule has 2 aromatic rings. The van der Waals surface area contributed by atoms with Crippen LogP contribution in [0.1, 0.15) is 44.0 Å². The molecule has 2 bridgehead atoms. The second-order valence-electron chi connectivity index (χ2n) is 6.08. The average molecular weight is 285 g/mol. The van der Waals surface area contributed by atoms with E-state index in [4.69, 9.17) is 9.72 Å². The summed E-state index contributed by atoms with van der Waals surface area (Å²) < 4.78 is 19.1. The summed E-state index contributed by atoms with van der Waals surface area (Å²) in [6.45, 7) is 4.15. The van der Waals surface area contributed by atoms with Crippen molar-refractivity contribution in [3.8, 4) is 11.4 Å². The van der Waals surface area contributed by atoms with E-state index in [2.05, 4.69) is 24.0 Å². The van der Waals surface area contributed by atoms with Crippen LogP contribution in [0.5, 0.6) is 0 Å². The molecular formula is C16H16FN3O. The molecule has 3 unspecified atom stereocenters. The van der Waals surface area contributed by atoms with E-state index in [0.29, 0.717) is 5.82 Å². The SMILES string of the molecule is CC1OC2(C)CCC1c1nc(-c3ccc(F)cc3)nnc12. The Kier molecular flexibility index (Phi) is 2.63. The number of benzene rings is 1. The lowest BCUT2D eigenvalue weighted by atomic mass is 9.74. The van der Waals surface area contributed by atoms with Crippen molar-refractivity contribution in [2.24, 2.45) is 0 Å².